The average molecular weight is 171 g/mol. The number of rotatable bonds is 2. The van der Waals surface area contributed by atoms with Crippen molar-refractivity contribution in [3.05, 3.63) is 16.5 Å². The molecule has 0 radical (unpaired) electrons. The Bertz CT molecular complexity index is 240. The summed E-state index contributed by atoms with van der Waals surface area (Å²) in [5.74, 6) is 0. The quantitative estimate of drug-likeness (QED) is 0.505. The summed E-state index contributed by atoms with van der Waals surface area (Å²) in [5, 5.41) is 7.01. The number of hydrogen-bond acceptors (Lipinski definition) is 3. The maximum absolute atomic E-state index is 7.01. The highest BCUT2D eigenvalue weighted by Gasteiger charge is 2.00. The first-order valence-corrected chi connectivity index (χ1v) is 4.36. The molecule has 0 aromatic carbocycles. The summed E-state index contributed by atoms with van der Waals surface area (Å²) < 4.78 is 0.951. The van der Waals surface area contributed by atoms with Gasteiger partial charge in [-0.15, -0.1) is 24.0 Å². The minimum Gasteiger partial charge on any atom is -0.308 e. The van der Waals surface area contributed by atoms with E-state index in [0.717, 1.165) is 16.2 Å². The van der Waals surface area contributed by atoms with Gasteiger partial charge in [0.25, 0.3) is 0 Å². The summed E-state index contributed by atoms with van der Waals surface area (Å²) >= 11 is 5.87. The fourth-order valence-electron chi connectivity index (χ4n) is 0.725. The van der Waals surface area contributed by atoms with Crippen LogP contribution in [0.2, 0.25) is 0 Å². The van der Waals surface area contributed by atoms with E-state index in [-0.39, 0.29) is 0 Å². The molecule has 10 heavy (non-hydrogen) atoms. The molecule has 1 heterocycles. The molecule has 0 aliphatic carbocycles. The molecule has 0 fully saturated rings. The molecule has 0 saturated carbocycles. The lowest BCUT2D eigenvalue weighted by Gasteiger charge is -1.80. The fraction of sp³-hybridized carbons (Fsp3) is 0.286. The van der Waals surface area contributed by atoms with E-state index in [2.05, 4.69) is 19.6 Å². The van der Waals surface area contributed by atoms with E-state index < -0.39 is 0 Å². The summed E-state index contributed by atoms with van der Waals surface area (Å²) in [6.07, 6.45) is 2.38. The Morgan fingerprint density at radius 3 is 2.80 bits per heavy atom. The zero-order chi connectivity index (χ0) is 7.56. The summed E-state index contributed by atoms with van der Waals surface area (Å²) in [6, 6.07) is 2.01. The lowest BCUT2D eigenvalue weighted by Crippen LogP contribution is -1.72. The van der Waals surface area contributed by atoms with Gasteiger partial charge in [0.1, 0.15) is 0 Å². The molecule has 1 rings (SSSR count). The Kier molecular flexibility index (Phi) is 2.51. The van der Waals surface area contributed by atoms with Crippen LogP contribution in [0.15, 0.2) is 10.3 Å². The Morgan fingerprint density at radius 1 is 1.80 bits per heavy atom. The normalized spacial score (nSPS) is 9.80. The average Bonchev–Trinajstić information content (AvgIpc) is 2.30. The van der Waals surface area contributed by atoms with Crippen molar-refractivity contribution in [3.8, 4) is 0 Å². The Balaban J connectivity index is 3.03. The van der Waals surface area contributed by atoms with E-state index in [1.54, 1.807) is 11.3 Å². The van der Waals surface area contributed by atoms with Crippen molar-refractivity contribution in [2.45, 2.75) is 17.6 Å². The molecule has 54 valence electrons. The van der Waals surface area contributed by atoms with Crippen molar-refractivity contribution in [1.29, 1.82) is 5.41 Å². The lowest BCUT2D eigenvalue weighted by molar-refractivity contribution is 1.19. The van der Waals surface area contributed by atoms with Gasteiger partial charge in [-0.05, 0) is 12.5 Å². The van der Waals surface area contributed by atoms with Gasteiger partial charge < -0.3 is 5.41 Å². The molecule has 1 N–H and O–H groups in total. The summed E-state index contributed by atoms with van der Waals surface area (Å²) in [6.45, 7) is 2.10. The molecule has 3 heteroatoms. The van der Waals surface area contributed by atoms with Crippen LogP contribution in [0.5, 0.6) is 0 Å². The van der Waals surface area contributed by atoms with Crippen molar-refractivity contribution < 1.29 is 0 Å². The molecule has 1 nitrogen and oxygen atoms in total. The van der Waals surface area contributed by atoms with E-state index in [1.807, 2.05) is 6.07 Å². The van der Waals surface area contributed by atoms with Crippen LogP contribution in [-0.4, -0.2) is 6.21 Å². The second-order valence-electron chi connectivity index (χ2n) is 1.97. The number of thiol groups is 1. The molecule has 0 aliphatic rings. The van der Waals surface area contributed by atoms with Crippen LogP contribution in [0.3, 0.4) is 0 Å². The zero-order valence-electron chi connectivity index (χ0n) is 5.72. The van der Waals surface area contributed by atoms with Gasteiger partial charge in [0.05, 0.1) is 4.21 Å². The number of thiophene rings is 1. The van der Waals surface area contributed by atoms with Gasteiger partial charge in [-0.2, -0.15) is 0 Å². The van der Waals surface area contributed by atoms with Crippen molar-refractivity contribution in [1.82, 2.24) is 0 Å². The highest BCUT2D eigenvalue weighted by molar-refractivity contribution is 7.83. The number of hydrogen-bond donors (Lipinski definition) is 2. The molecule has 0 aliphatic heterocycles. The molecule has 0 amide bonds. The first kappa shape index (κ1) is 7.82. The highest BCUT2D eigenvalue weighted by Crippen LogP contribution is 2.24. The van der Waals surface area contributed by atoms with Crippen LogP contribution >= 0.6 is 24.0 Å². The first-order chi connectivity index (χ1) is 4.77. The molecular formula is C7H9NS2. The Labute approximate surface area is 70.0 Å². The van der Waals surface area contributed by atoms with E-state index in [4.69, 9.17) is 5.41 Å². The number of aryl methyl sites for hydroxylation is 1. The third kappa shape index (κ3) is 1.41. The summed E-state index contributed by atoms with van der Waals surface area (Å²) in [7, 11) is 0. The van der Waals surface area contributed by atoms with Gasteiger partial charge in [-0.1, -0.05) is 6.92 Å². The van der Waals surface area contributed by atoms with Crippen molar-refractivity contribution in [2.24, 2.45) is 0 Å². The number of nitrogens with one attached hydrogen (secondary N) is 1. The van der Waals surface area contributed by atoms with Crippen molar-refractivity contribution in [2.75, 3.05) is 0 Å². The molecule has 0 spiro atoms. The predicted molar refractivity (Wildman–Crippen MR) is 48.8 cm³/mol. The second-order valence-corrected chi connectivity index (χ2v) is 3.86. The molecule has 0 unspecified atom stereocenters. The lowest BCUT2D eigenvalue weighted by atomic mass is 10.3. The Hall–Kier alpha value is -0.280. The van der Waals surface area contributed by atoms with Gasteiger partial charge in [-0.3, -0.25) is 0 Å². The van der Waals surface area contributed by atoms with Gasteiger partial charge in [0.2, 0.25) is 0 Å². The molecule has 0 bridgehead atoms. The van der Waals surface area contributed by atoms with Gasteiger partial charge in [0, 0.05) is 16.7 Å². The zero-order valence-corrected chi connectivity index (χ0v) is 7.43. The topological polar surface area (TPSA) is 23.9 Å². The molecule has 1 aromatic heterocycles. The predicted octanol–water partition coefficient (Wildman–Crippen LogP) is 2.60. The molecule has 0 saturated heterocycles. The van der Waals surface area contributed by atoms with Crippen LogP contribution in [0.25, 0.3) is 0 Å². The van der Waals surface area contributed by atoms with Crippen LogP contribution in [-0.2, 0) is 6.42 Å². The Morgan fingerprint density at radius 2 is 2.50 bits per heavy atom. The van der Waals surface area contributed by atoms with Crippen LogP contribution in [0.4, 0.5) is 0 Å². The highest BCUT2D eigenvalue weighted by atomic mass is 32.2. The maximum Gasteiger partial charge on any atom is 0.0658 e. The molecular weight excluding hydrogens is 162 g/mol. The van der Waals surface area contributed by atoms with Crippen LogP contribution < -0.4 is 0 Å². The fourth-order valence-corrected chi connectivity index (χ4v) is 2.02. The van der Waals surface area contributed by atoms with Crippen LogP contribution in [0, 0.1) is 5.41 Å². The van der Waals surface area contributed by atoms with E-state index >= 15 is 0 Å². The second kappa shape index (κ2) is 3.21. The third-order valence-corrected chi connectivity index (χ3v) is 2.92. The monoisotopic (exact) mass is 171 g/mol. The van der Waals surface area contributed by atoms with Crippen molar-refractivity contribution >= 4 is 30.2 Å². The maximum atomic E-state index is 7.01. The minimum absolute atomic E-state index is 0.935. The van der Waals surface area contributed by atoms with E-state index in [9.17, 15) is 0 Å². The summed E-state index contributed by atoms with van der Waals surface area (Å²) in [4.78, 5) is 1.29. The molecule has 1 aromatic rings. The van der Waals surface area contributed by atoms with Crippen LogP contribution in [0.1, 0.15) is 17.4 Å². The SMILES string of the molecule is CCc1cc(C=N)c(S)s1. The van der Waals surface area contributed by atoms with E-state index in [0.29, 0.717) is 0 Å². The summed E-state index contributed by atoms with van der Waals surface area (Å²) in [5.41, 5.74) is 0.935. The van der Waals surface area contributed by atoms with Gasteiger partial charge >= 0.3 is 0 Å². The largest absolute Gasteiger partial charge is 0.308 e. The standard InChI is InChI=1S/C7H9NS2/c1-2-6-3-5(4-8)7(9)10-6/h3-4,8-9H,2H2,1H3. The van der Waals surface area contributed by atoms with Gasteiger partial charge in [-0.25, -0.2) is 0 Å². The van der Waals surface area contributed by atoms with Gasteiger partial charge in [0.15, 0.2) is 0 Å². The van der Waals surface area contributed by atoms with Crippen molar-refractivity contribution in [3.63, 3.8) is 0 Å². The smallest absolute Gasteiger partial charge is 0.0658 e. The minimum atomic E-state index is 0.935. The van der Waals surface area contributed by atoms with E-state index in [1.165, 1.54) is 11.1 Å². The third-order valence-electron chi connectivity index (χ3n) is 1.30. The first-order valence-electron chi connectivity index (χ1n) is 3.10. The molecule has 0 atom stereocenters.